The fraction of sp³-hybridized carbons (Fsp3) is 0.591. The largest absolute Gasteiger partial charge is 0.342 e. The van der Waals surface area contributed by atoms with Gasteiger partial charge in [-0.05, 0) is 44.1 Å². The van der Waals surface area contributed by atoms with E-state index in [1.807, 2.05) is 12.1 Å². The molecule has 1 aromatic heterocycles. The number of carbonyl (C=O) groups excluding carboxylic acids is 1. The Morgan fingerprint density at radius 3 is 2.71 bits per heavy atom. The van der Waals surface area contributed by atoms with Crippen LogP contribution in [0.4, 0.5) is 0 Å². The zero-order chi connectivity index (χ0) is 19.5. The summed E-state index contributed by atoms with van der Waals surface area (Å²) in [5, 5.41) is 9.66. The number of hydrogen-bond acceptors (Lipinski definition) is 4. The Labute approximate surface area is 171 Å². The minimum Gasteiger partial charge on any atom is -0.342 e. The summed E-state index contributed by atoms with van der Waals surface area (Å²) in [6, 6.07) is 8.24. The molecule has 1 amide bonds. The molecule has 1 saturated heterocycles. The Balaban J connectivity index is 1.41. The highest BCUT2D eigenvalue weighted by Gasteiger charge is 2.32. The first kappa shape index (κ1) is 19.5. The van der Waals surface area contributed by atoms with Crippen LogP contribution in [0.3, 0.4) is 0 Å². The highest BCUT2D eigenvalue weighted by Crippen LogP contribution is 2.36. The molecule has 5 nitrogen and oxygen atoms in total. The molecule has 2 aromatic rings. The van der Waals surface area contributed by atoms with E-state index in [9.17, 15) is 4.79 Å². The fourth-order valence-corrected chi connectivity index (χ4v) is 5.65. The van der Waals surface area contributed by atoms with Crippen LogP contribution in [0.25, 0.3) is 11.4 Å². The van der Waals surface area contributed by atoms with Gasteiger partial charge in [0.15, 0.2) is 11.0 Å². The van der Waals surface area contributed by atoms with Crippen molar-refractivity contribution in [3.05, 3.63) is 29.8 Å². The molecule has 0 bridgehead atoms. The fourth-order valence-electron chi connectivity index (χ4n) is 4.75. The van der Waals surface area contributed by atoms with Crippen LogP contribution in [-0.2, 0) is 11.3 Å². The third-order valence-electron chi connectivity index (χ3n) is 6.39. The van der Waals surface area contributed by atoms with Gasteiger partial charge in [0, 0.05) is 25.2 Å². The van der Waals surface area contributed by atoms with E-state index in [4.69, 9.17) is 0 Å². The maximum Gasteiger partial charge on any atom is 0.233 e. The molecule has 0 N–H and O–H groups in total. The Morgan fingerprint density at radius 1 is 1.14 bits per heavy atom. The molecule has 1 aromatic carbocycles. The lowest BCUT2D eigenvalue weighted by atomic mass is 9.75. The van der Waals surface area contributed by atoms with Gasteiger partial charge in [0.05, 0.1) is 5.75 Å². The van der Waals surface area contributed by atoms with Crippen molar-refractivity contribution in [1.82, 2.24) is 19.7 Å². The van der Waals surface area contributed by atoms with Crippen LogP contribution in [-0.4, -0.2) is 44.4 Å². The number of rotatable bonds is 5. The first-order valence-electron chi connectivity index (χ1n) is 10.6. The molecule has 1 aliphatic carbocycles. The number of hydrogen-bond donors (Lipinski definition) is 0. The van der Waals surface area contributed by atoms with Crippen molar-refractivity contribution < 1.29 is 4.79 Å². The van der Waals surface area contributed by atoms with Crippen molar-refractivity contribution in [3.63, 3.8) is 0 Å². The smallest absolute Gasteiger partial charge is 0.233 e. The number of piperidine rings is 1. The molecule has 2 aliphatic rings. The van der Waals surface area contributed by atoms with E-state index in [2.05, 4.69) is 45.6 Å². The summed E-state index contributed by atoms with van der Waals surface area (Å²) < 4.78 is 2.12. The van der Waals surface area contributed by atoms with Gasteiger partial charge in [-0.2, -0.15) is 0 Å². The summed E-state index contributed by atoms with van der Waals surface area (Å²) in [6.07, 6.45) is 6.55. The minimum absolute atomic E-state index is 0.247. The third-order valence-corrected chi connectivity index (χ3v) is 7.34. The molecule has 0 unspecified atom stereocenters. The second-order valence-corrected chi connectivity index (χ2v) is 9.03. The number of nitrogens with zero attached hydrogens (tertiary/aromatic N) is 4. The molecular formula is C22H30N4OS. The van der Waals surface area contributed by atoms with Crippen molar-refractivity contribution in [3.8, 4) is 11.4 Å². The molecule has 0 spiro atoms. The lowest BCUT2D eigenvalue weighted by molar-refractivity contribution is -0.131. The van der Waals surface area contributed by atoms with E-state index in [0.717, 1.165) is 48.0 Å². The standard InChI is InChI=1S/C22H30N4OS/c1-3-26-21(19-11-7-4-8-16(19)2)23-24-22(26)28-15-20(27)25-13-12-17-9-5-6-10-18(17)14-25/h4,7-8,11,17-18H,3,5-6,9-10,12-15H2,1-2H3/t17-,18+/m1/s1. The van der Waals surface area contributed by atoms with E-state index < -0.39 is 0 Å². The van der Waals surface area contributed by atoms with Crippen LogP contribution in [0.5, 0.6) is 0 Å². The number of aromatic nitrogens is 3. The average Bonchev–Trinajstić information content (AvgIpc) is 3.14. The van der Waals surface area contributed by atoms with Gasteiger partial charge in [-0.1, -0.05) is 55.3 Å². The van der Waals surface area contributed by atoms with Gasteiger partial charge in [-0.3, -0.25) is 4.79 Å². The Bertz CT molecular complexity index is 834. The van der Waals surface area contributed by atoms with E-state index in [1.165, 1.54) is 49.4 Å². The second-order valence-electron chi connectivity index (χ2n) is 8.09. The first-order valence-corrected chi connectivity index (χ1v) is 11.6. The molecule has 1 aliphatic heterocycles. The molecule has 0 radical (unpaired) electrons. The van der Waals surface area contributed by atoms with E-state index in [0.29, 0.717) is 5.75 Å². The Kier molecular flexibility index (Phi) is 6.04. The quantitative estimate of drug-likeness (QED) is 0.700. The Hall–Kier alpha value is -1.82. The van der Waals surface area contributed by atoms with Crippen molar-refractivity contribution in [2.45, 2.75) is 57.7 Å². The van der Waals surface area contributed by atoms with Crippen LogP contribution < -0.4 is 0 Å². The van der Waals surface area contributed by atoms with Gasteiger partial charge in [-0.25, -0.2) is 0 Å². The number of aryl methyl sites for hydroxylation is 1. The number of benzene rings is 1. The van der Waals surface area contributed by atoms with Crippen molar-refractivity contribution in [2.24, 2.45) is 11.8 Å². The summed E-state index contributed by atoms with van der Waals surface area (Å²) in [5.41, 5.74) is 2.29. The topological polar surface area (TPSA) is 51.0 Å². The minimum atomic E-state index is 0.247. The predicted molar refractivity (Wildman–Crippen MR) is 113 cm³/mol. The highest BCUT2D eigenvalue weighted by molar-refractivity contribution is 7.99. The first-order chi connectivity index (χ1) is 13.7. The molecule has 1 saturated carbocycles. The molecule has 4 rings (SSSR count). The maximum absolute atomic E-state index is 12.8. The van der Waals surface area contributed by atoms with E-state index in [1.54, 1.807) is 0 Å². The normalized spacial score (nSPS) is 22.1. The van der Waals surface area contributed by atoms with Gasteiger partial charge in [-0.15, -0.1) is 10.2 Å². The third kappa shape index (κ3) is 3.97. The van der Waals surface area contributed by atoms with Gasteiger partial charge in [0.1, 0.15) is 0 Å². The summed E-state index contributed by atoms with van der Waals surface area (Å²) in [4.78, 5) is 14.9. The van der Waals surface area contributed by atoms with Crippen LogP contribution in [0.15, 0.2) is 29.4 Å². The second kappa shape index (κ2) is 8.68. The summed E-state index contributed by atoms with van der Waals surface area (Å²) in [5.74, 6) is 3.16. The zero-order valence-electron chi connectivity index (χ0n) is 16.9. The van der Waals surface area contributed by atoms with Gasteiger partial charge in [0.25, 0.3) is 0 Å². The lowest BCUT2D eigenvalue weighted by Crippen LogP contribution is -2.45. The summed E-state index contributed by atoms with van der Waals surface area (Å²) in [6.45, 7) is 6.87. The highest BCUT2D eigenvalue weighted by atomic mass is 32.2. The van der Waals surface area contributed by atoms with Crippen LogP contribution >= 0.6 is 11.8 Å². The number of carbonyl (C=O) groups is 1. The lowest BCUT2D eigenvalue weighted by Gasteiger charge is -2.41. The summed E-state index contributed by atoms with van der Waals surface area (Å²) in [7, 11) is 0. The number of fused-ring (bicyclic) bond motifs is 1. The van der Waals surface area contributed by atoms with Crippen LogP contribution in [0.2, 0.25) is 0 Å². The monoisotopic (exact) mass is 398 g/mol. The van der Waals surface area contributed by atoms with Crippen molar-refractivity contribution in [2.75, 3.05) is 18.8 Å². The van der Waals surface area contributed by atoms with Crippen LogP contribution in [0, 0.1) is 18.8 Å². The predicted octanol–water partition coefficient (Wildman–Crippen LogP) is 4.40. The maximum atomic E-state index is 12.8. The molecular weight excluding hydrogens is 368 g/mol. The Morgan fingerprint density at radius 2 is 1.93 bits per heavy atom. The summed E-state index contributed by atoms with van der Waals surface area (Å²) >= 11 is 1.52. The van der Waals surface area contributed by atoms with Crippen LogP contribution in [0.1, 0.15) is 44.6 Å². The molecule has 2 heterocycles. The number of amides is 1. The molecule has 150 valence electrons. The number of likely N-dealkylation sites (tertiary alicyclic amines) is 1. The van der Waals surface area contributed by atoms with E-state index >= 15 is 0 Å². The van der Waals surface area contributed by atoms with Crippen molar-refractivity contribution >= 4 is 17.7 Å². The SMILES string of the molecule is CCn1c(SCC(=O)N2CC[C@H]3CCCC[C@H]3C2)nnc1-c1ccccc1C. The molecule has 2 fully saturated rings. The number of thioether (sulfide) groups is 1. The van der Waals surface area contributed by atoms with Gasteiger partial charge in [0.2, 0.25) is 5.91 Å². The average molecular weight is 399 g/mol. The van der Waals surface area contributed by atoms with Gasteiger partial charge < -0.3 is 9.47 Å². The van der Waals surface area contributed by atoms with Crippen molar-refractivity contribution in [1.29, 1.82) is 0 Å². The molecule has 6 heteroatoms. The zero-order valence-corrected chi connectivity index (χ0v) is 17.7. The molecule has 2 atom stereocenters. The van der Waals surface area contributed by atoms with E-state index in [-0.39, 0.29) is 5.91 Å². The molecule has 28 heavy (non-hydrogen) atoms. The van der Waals surface area contributed by atoms with Gasteiger partial charge >= 0.3 is 0 Å².